The van der Waals surface area contributed by atoms with Gasteiger partial charge in [-0.1, -0.05) is 6.07 Å². The van der Waals surface area contributed by atoms with Crippen LogP contribution in [0.1, 0.15) is 11.3 Å². The fraction of sp³-hybridized carbons (Fsp3) is 0.286. The number of thiocarbonyl (C=S) groups is 1. The van der Waals surface area contributed by atoms with Crippen molar-refractivity contribution < 1.29 is 4.74 Å². The SMILES string of the molecule is COc1ccc(C)cc1NC(=S)NCc1ccn(C)n1. The molecule has 0 aliphatic carbocycles. The topological polar surface area (TPSA) is 51.1 Å². The largest absolute Gasteiger partial charge is 0.495 e. The highest BCUT2D eigenvalue weighted by Gasteiger charge is 2.05. The number of hydrogen-bond acceptors (Lipinski definition) is 3. The van der Waals surface area contributed by atoms with Gasteiger partial charge in [-0.25, -0.2) is 0 Å². The molecule has 0 fully saturated rings. The van der Waals surface area contributed by atoms with Crippen molar-refractivity contribution in [3.63, 3.8) is 0 Å². The van der Waals surface area contributed by atoms with Gasteiger partial charge in [0.2, 0.25) is 0 Å². The third-order valence-electron chi connectivity index (χ3n) is 2.80. The standard InChI is InChI=1S/C14H18N4OS/c1-10-4-5-13(19-3)12(8-10)16-14(20)15-9-11-6-7-18(2)17-11/h4-8H,9H2,1-3H3,(H2,15,16,20). The normalized spacial score (nSPS) is 10.2. The van der Waals surface area contributed by atoms with E-state index in [-0.39, 0.29) is 0 Å². The number of aryl methyl sites for hydroxylation is 2. The van der Waals surface area contributed by atoms with Crippen molar-refractivity contribution >= 4 is 23.0 Å². The molecule has 2 rings (SSSR count). The predicted molar refractivity (Wildman–Crippen MR) is 84.0 cm³/mol. The third kappa shape index (κ3) is 3.71. The molecular weight excluding hydrogens is 272 g/mol. The van der Waals surface area contributed by atoms with Crippen molar-refractivity contribution in [2.75, 3.05) is 12.4 Å². The van der Waals surface area contributed by atoms with E-state index in [2.05, 4.69) is 15.7 Å². The van der Waals surface area contributed by atoms with Crippen LogP contribution in [0.15, 0.2) is 30.5 Å². The maximum atomic E-state index is 5.30. The first-order chi connectivity index (χ1) is 9.58. The molecule has 0 aliphatic rings. The predicted octanol–water partition coefficient (Wildman–Crippen LogP) is 2.22. The van der Waals surface area contributed by atoms with Gasteiger partial charge in [0.25, 0.3) is 0 Å². The summed E-state index contributed by atoms with van der Waals surface area (Å²) in [5.74, 6) is 0.762. The van der Waals surface area contributed by atoms with Crippen molar-refractivity contribution in [2.45, 2.75) is 13.5 Å². The fourth-order valence-electron chi connectivity index (χ4n) is 1.81. The van der Waals surface area contributed by atoms with E-state index >= 15 is 0 Å². The van der Waals surface area contributed by atoms with Crippen LogP contribution in [-0.2, 0) is 13.6 Å². The number of anilines is 1. The first-order valence-corrected chi connectivity index (χ1v) is 6.67. The highest BCUT2D eigenvalue weighted by atomic mass is 32.1. The van der Waals surface area contributed by atoms with Crippen molar-refractivity contribution in [3.05, 3.63) is 41.7 Å². The second kappa shape index (κ2) is 6.38. The molecule has 0 saturated carbocycles. The zero-order valence-corrected chi connectivity index (χ0v) is 12.6. The van der Waals surface area contributed by atoms with Crippen molar-refractivity contribution in [3.8, 4) is 5.75 Å². The Bertz CT molecular complexity index is 609. The zero-order valence-electron chi connectivity index (χ0n) is 11.8. The Balaban J connectivity index is 1.96. The van der Waals surface area contributed by atoms with Crippen molar-refractivity contribution in [2.24, 2.45) is 7.05 Å². The molecule has 1 aromatic heterocycles. The Kier molecular flexibility index (Phi) is 4.57. The second-order valence-electron chi connectivity index (χ2n) is 4.49. The molecule has 20 heavy (non-hydrogen) atoms. The first-order valence-electron chi connectivity index (χ1n) is 6.26. The molecule has 1 aromatic carbocycles. The van der Waals surface area contributed by atoms with Gasteiger partial charge in [-0.3, -0.25) is 4.68 Å². The molecule has 0 aliphatic heterocycles. The molecule has 0 atom stereocenters. The summed E-state index contributed by atoms with van der Waals surface area (Å²) < 4.78 is 7.06. The summed E-state index contributed by atoms with van der Waals surface area (Å²) >= 11 is 5.28. The Morgan fingerprint density at radius 3 is 2.85 bits per heavy atom. The average Bonchev–Trinajstić information content (AvgIpc) is 2.83. The van der Waals surface area contributed by atoms with E-state index < -0.39 is 0 Å². The number of nitrogens with one attached hydrogen (secondary N) is 2. The maximum absolute atomic E-state index is 5.30. The van der Waals surface area contributed by atoms with Crippen LogP contribution in [0.25, 0.3) is 0 Å². The van der Waals surface area contributed by atoms with E-state index in [0.29, 0.717) is 11.7 Å². The Labute approximate surface area is 123 Å². The average molecular weight is 290 g/mol. The first kappa shape index (κ1) is 14.3. The van der Waals surface area contributed by atoms with Gasteiger partial charge in [0.15, 0.2) is 5.11 Å². The van der Waals surface area contributed by atoms with Crippen LogP contribution in [0, 0.1) is 6.92 Å². The van der Waals surface area contributed by atoms with Crippen molar-refractivity contribution in [1.82, 2.24) is 15.1 Å². The van der Waals surface area contributed by atoms with Crippen molar-refractivity contribution in [1.29, 1.82) is 0 Å². The quantitative estimate of drug-likeness (QED) is 0.846. The summed E-state index contributed by atoms with van der Waals surface area (Å²) in [5.41, 5.74) is 2.93. The van der Waals surface area contributed by atoms with Crippen LogP contribution in [-0.4, -0.2) is 22.0 Å². The van der Waals surface area contributed by atoms with Gasteiger partial charge in [0.05, 0.1) is 25.0 Å². The molecule has 1 heterocycles. The molecule has 106 valence electrons. The monoisotopic (exact) mass is 290 g/mol. The molecule has 5 nitrogen and oxygen atoms in total. The Morgan fingerprint density at radius 2 is 2.20 bits per heavy atom. The van der Waals surface area contributed by atoms with Crippen LogP contribution < -0.4 is 15.4 Å². The number of ether oxygens (including phenoxy) is 1. The summed E-state index contributed by atoms with van der Waals surface area (Å²) in [5, 5.41) is 11.1. The lowest BCUT2D eigenvalue weighted by molar-refractivity contribution is 0.417. The lowest BCUT2D eigenvalue weighted by atomic mass is 10.2. The molecule has 0 amide bonds. The molecule has 0 saturated heterocycles. The van der Waals surface area contributed by atoms with Crippen LogP contribution >= 0.6 is 12.2 Å². The van der Waals surface area contributed by atoms with Gasteiger partial charge >= 0.3 is 0 Å². The number of rotatable bonds is 4. The van der Waals surface area contributed by atoms with E-state index in [1.54, 1.807) is 11.8 Å². The van der Waals surface area contributed by atoms with Gasteiger partial charge in [0.1, 0.15) is 5.75 Å². The molecule has 0 radical (unpaired) electrons. The molecule has 2 N–H and O–H groups in total. The summed E-state index contributed by atoms with van der Waals surface area (Å²) in [6, 6.07) is 7.85. The summed E-state index contributed by atoms with van der Waals surface area (Å²) in [4.78, 5) is 0. The number of hydrogen-bond donors (Lipinski definition) is 2. The van der Waals surface area contributed by atoms with Crippen LogP contribution in [0.5, 0.6) is 5.75 Å². The minimum absolute atomic E-state index is 0.541. The Hall–Kier alpha value is -2.08. The van der Waals surface area contributed by atoms with Gasteiger partial charge in [-0.2, -0.15) is 5.10 Å². The minimum atomic E-state index is 0.541. The van der Waals surface area contributed by atoms with Crippen LogP contribution in [0.3, 0.4) is 0 Å². The number of aromatic nitrogens is 2. The summed E-state index contributed by atoms with van der Waals surface area (Å²) in [7, 11) is 3.53. The van der Waals surface area contributed by atoms with Gasteiger partial charge in [-0.05, 0) is 42.9 Å². The maximum Gasteiger partial charge on any atom is 0.171 e. The third-order valence-corrected chi connectivity index (χ3v) is 3.05. The number of benzene rings is 1. The van der Waals surface area contributed by atoms with E-state index in [1.165, 1.54) is 0 Å². The summed E-state index contributed by atoms with van der Waals surface area (Å²) in [6.45, 7) is 2.61. The highest BCUT2D eigenvalue weighted by molar-refractivity contribution is 7.80. The van der Waals surface area contributed by atoms with Crippen LogP contribution in [0.4, 0.5) is 5.69 Å². The Morgan fingerprint density at radius 1 is 1.40 bits per heavy atom. The second-order valence-corrected chi connectivity index (χ2v) is 4.90. The molecule has 2 aromatic rings. The van der Waals surface area contributed by atoms with E-state index in [1.807, 2.05) is 44.4 Å². The summed E-state index contributed by atoms with van der Waals surface area (Å²) in [6.07, 6.45) is 1.90. The van der Waals surface area contributed by atoms with Gasteiger partial charge < -0.3 is 15.4 Å². The van der Waals surface area contributed by atoms with E-state index in [4.69, 9.17) is 17.0 Å². The smallest absolute Gasteiger partial charge is 0.171 e. The fourth-order valence-corrected chi connectivity index (χ4v) is 2.00. The molecular formula is C14H18N4OS. The molecule has 0 unspecified atom stereocenters. The molecule has 0 bridgehead atoms. The molecule has 6 heteroatoms. The number of methoxy groups -OCH3 is 1. The molecule has 0 spiro atoms. The highest BCUT2D eigenvalue weighted by Crippen LogP contribution is 2.24. The van der Waals surface area contributed by atoms with E-state index in [0.717, 1.165) is 22.7 Å². The minimum Gasteiger partial charge on any atom is -0.495 e. The van der Waals surface area contributed by atoms with Gasteiger partial charge in [-0.15, -0.1) is 0 Å². The zero-order chi connectivity index (χ0) is 14.5. The lowest BCUT2D eigenvalue weighted by Gasteiger charge is -2.13. The van der Waals surface area contributed by atoms with Gasteiger partial charge in [0, 0.05) is 13.2 Å². The number of nitrogens with zero attached hydrogens (tertiary/aromatic N) is 2. The lowest BCUT2D eigenvalue weighted by Crippen LogP contribution is -2.28. The van der Waals surface area contributed by atoms with E-state index in [9.17, 15) is 0 Å². The van der Waals surface area contributed by atoms with Crippen LogP contribution in [0.2, 0.25) is 0 Å².